The zero-order chi connectivity index (χ0) is 13.0. The Morgan fingerprint density at radius 1 is 1.41 bits per heavy atom. The molecule has 0 radical (unpaired) electrons. The van der Waals surface area contributed by atoms with Gasteiger partial charge in [0.1, 0.15) is 6.04 Å². The maximum absolute atomic E-state index is 12.4. The molecule has 0 aliphatic carbocycles. The molecule has 0 aromatic heterocycles. The summed E-state index contributed by atoms with van der Waals surface area (Å²) in [6, 6.07) is 3.43. The van der Waals surface area contributed by atoms with Gasteiger partial charge in [0.05, 0.1) is 11.4 Å². The molecule has 0 aliphatic rings. The van der Waals surface area contributed by atoms with Gasteiger partial charge < -0.3 is 16.4 Å². The number of carbonyl (C=O) groups excluding carboxylic acids is 1. The molecule has 0 saturated heterocycles. The summed E-state index contributed by atoms with van der Waals surface area (Å²) in [6.07, 6.45) is -2.55. The van der Waals surface area contributed by atoms with Gasteiger partial charge in [-0.3, -0.25) is 4.79 Å². The molecule has 1 amide bonds. The number of amides is 1. The van der Waals surface area contributed by atoms with Gasteiger partial charge in [0.15, 0.2) is 0 Å². The number of hydrogen-bond acceptors (Lipinski definition) is 3. The van der Waals surface area contributed by atoms with Crippen LogP contribution in [0.25, 0.3) is 0 Å². The highest BCUT2D eigenvalue weighted by Gasteiger charge is 2.13. The summed E-state index contributed by atoms with van der Waals surface area (Å²) in [6.45, 7) is 1.65. The number of nitrogen functional groups attached to an aromatic ring is 1. The average molecular weight is 243 g/mol. The van der Waals surface area contributed by atoms with Gasteiger partial charge in [0, 0.05) is 12.6 Å². The highest BCUT2D eigenvalue weighted by Crippen LogP contribution is 2.26. The van der Waals surface area contributed by atoms with Crippen molar-refractivity contribution < 1.29 is 13.6 Å². The summed E-state index contributed by atoms with van der Waals surface area (Å²) in [4.78, 5) is 11.3. The van der Waals surface area contributed by atoms with E-state index in [-0.39, 0.29) is 17.2 Å². The van der Waals surface area contributed by atoms with Crippen molar-refractivity contribution in [2.75, 3.05) is 18.1 Å². The summed E-state index contributed by atoms with van der Waals surface area (Å²) < 4.78 is 24.8. The smallest absolute Gasteiger partial charge is 0.263 e. The van der Waals surface area contributed by atoms with E-state index < -0.39 is 12.5 Å². The number of likely N-dealkylation sites (N-methyl/N-ethyl adjacent to an activating group) is 1. The van der Waals surface area contributed by atoms with E-state index in [2.05, 4.69) is 10.6 Å². The highest BCUT2D eigenvalue weighted by atomic mass is 19.3. The summed E-state index contributed by atoms with van der Waals surface area (Å²) in [7, 11) is 1.52. The third-order valence-corrected chi connectivity index (χ3v) is 2.34. The number of rotatable bonds is 4. The van der Waals surface area contributed by atoms with Gasteiger partial charge in [-0.2, -0.15) is 0 Å². The van der Waals surface area contributed by atoms with Crippen molar-refractivity contribution in [2.45, 2.75) is 19.4 Å². The lowest BCUT2D eigenvalue weighted by Gasteiger charge is -2.16. The first-order valence-electron chi connectivity index (χ1n) is 5.11. The van der Waals surface area contributed by atoms with E-state index in [0.29, 0.717) is 5.69 Å². The monoisotopic (exact) mass is 243 g/mol. The predicted octanol–water partition coefficient (Wildman–Crippen LogP) is 1.75. The Hall–Kier alpha value is -1.85. The quantitative estimate of drug-likeness (QED) is 0.706. The van der Waals surface area contributed by atoms with E-state index in [4.69, 9.17) is 5.73 Å². The molecule has 0 bridgehead atoms. The number of nitrogens with two attached hydrogens (primary N) is 1. The van der Waals surface area contributed by atoms with Crippen molar-refractivity contribution >= 4 is 17.3 Å². The van der Waals surface area contributed by atoms with Crippen molar-refractivity contribution in [3.05, 3.63) is 23.8 Å². The second-order valence-electron chi connectivity index (χ2n) is 3.63. The zero-order valence-corrected chi connectivity index (χ0v) is 9.63. The van der Waals surface area contributed by atoms with E-state index in [0.717, 1.165) is 0 Å². The Kier molecular flexibility index (Phi) is 4.25. The molecule has 4 N–H and O–H groups in total. The number of alkyl halides is 2. The maximum Gasteiger partial charge on any atom is 0.263 e. The Labute approximate surface area is 98.2 Å². The molecule has 1 atom stereocenters. The minimum atomic E-state index is -2.55. The van der Waals surface area contributed by atoms with Gasteiger partial charge in [-0.25, -0.2) is 8.78 Å². The topological polar surface area (TPSA) is 67.2 Å². The standard InChI is InChI=1S/C11H15F2N3O/c1-6(11(17)15-2)16-9-4-3-7(10(12)13)5-8(9)14/h3-6,10,16H,14H2,1-2H3,(H,15,17). The lowest BCUT2D eigenvalue weighted by Crippen LogP contribution is -2.35. The highest BCUT2D eigenvalue weighted by molar-refractivity contribution is 5.85. The Morgan fingerprint density at radius 3 is 2.53 bits per heavy atom. The first kappa shape index (κ1) is 13.2. The molecule has 0 saturated carbocycles. The van der Waals surface area contributed by atoms with Crippen LogP contribution in [0.15, 0.2) is 18.2 Å². The molecule has 0 aliphatic heterocycles. The van der Waals surface area contributed by atoms with Gasteiger partial charge in [0.25, 0.3) is 6.43 Å². The fourth-order valence-corrected chi connectivity index (χ4v) is 1.36. The van der Waals surface area contributed by atoms with Crippen molar-refractivity contribution in [1.29, 1.82) is 0 Å². The van der Waals surface area contributed by atoms with Gasteiger partial charge >= 0.3 is 0 Å². The van der Waals surface area contributed by atoms with E-state index in [1.807, 2.05) is 0 Å². The number of nitrogens with one attached hydrogen (secondary N) is 2. The molecule has 17 heavy (non-hydrogen) atoms. The molecule has 6 heteroatoms. The van der Waals surface area contributed by atoms with Crippen molar-refractivity contribution in [3.63, 3.8) is 0 Å². The van der Waals surface area contributed by atoms with Crippen LogP contribution in [-0.4, -0.2) is 19.0 Å². The third-order valence-electron chi connectivity index (χ3n) is 2.34. The molecule has 94 valence electrons. The SMILES string of the molecule is CNC(=O)C(C)Nc1ccc(C(F)F)cc1N. The molecular weight excluding hydrogens is 228 g/mol. The van der Waals surface area contributed by atoms with Gasteiger partial charge in [-0.1, -0.05) is 6.07 Å². The summed E-state index contributed by atoms with van der Waals surface area (Å²) in [5.41, 5.74) is 6.14. The number of benzene rings is 1. The van der Waals surface area contributed by atoms with Crippen LogP contribution in [0.1, 0.15) is 18.9 Å². The van der Waals surface area contributed by atoms with Gasteiger partial charge in [-0.05, 0) is 19.1 Å². The average Bonchev–Trinajstić information content (AvgIpc) is 2.30. The normalized spacial score (nSPS) is 12.3. The second kappa shape index (κ2) is 5.47. The Balaban J connectivity index is 2.83. The molecular formula is C11H15F2N3O. The predicted molar refractivity (Wildman–Crippen MR) is 63.0 cm³/mol. The lowest BCUT2D eigenvalue weighted by molar-refractivity contribution is -0.121. The lowest BCUT2D eigenvalue weighted by atomic mass is 10.1. The number of halogens is 2. The van der Waals surface area contributed by atoms with E-state index >= 15 is 0 Å². The molecule has 1 aromatic carbocycles. The maximum atomic E-state index is 12.4. The van der Waals surface area contributed by atoms with E-state index in [9.17, 15) is 13.6 Å². The van der Waals surface area contributed by atoms with Crippen LogP contribution in [0.2, 0.25) is 0 Å². The zero-order valence-electron chi connectivity index (χ0n) is 9.63. The van der Waals surface area contributed by atoms with E-state index in [1.165, 1.54) is 25.2 Å². The van der Waals surface area contributed by atoms with Gasteiger partial charge in [0.2, 0.25) is 5.91 Å². The van der Waals surface area contributed by atoms with Crippen LogP contribution < -0.4 is 16.4 Å². The van der Waals surface area contributed by atoms with Crippen molar-refractivity contribution in [1.82, 2.24) is 5.32 Å². The fraction of sp³-hybridized carbons (Fsp3) is 0.364. The van der Waals surface area contributed by atoms with Crippen LogP contribution in [-0.2, 0) is 4.79 Å². The molecule has 1 unspecified atom stereocenters. The first-order valence-corrected chi connectivity index (χ1v) is 5.11. The molecule has 0 fully saturated rings. The number of hydrogen-bond donors (Lipinski definition) is 3. The largest absolute Gasteiger partial charge is 0.397 e. The summed E-state index contributed by atoms with van der Waals surface area (Å²) in [5.74, 6) is -0.206. The molecule has 1 rings (SSSR count). The van der Waals surface area contributed by atoms with Crippen LogP contribution in [0.5, 0.6) is 0 Å². The first-order chi connectivity index (χ1) is 7.95. The van der Waals surface area contributed by atoms with Crippen LogP contribution >= 0.6 is 0 Å². The Bertz CT molecular complexity index is 410. The van der Waals surface area contributed by atoms with Crippen LogP contribution in [0.4, 0.5) is 20.2 Å². The third kappa shape index (κ3) is 3.30. The van der Waals surface area contributed by atoms with Crippen LogP contribution in [0.3, 0.4) is 0 Å². The Morgan fingerprint density at radius 2 is 2.06 bits per heavy atom. The summed E-state index contributed by atoms with van der Waals surface area (Å²) in [5, 5.41) is 5.32. The molecule has 0 heterocycles. The van der Waals surface area contributed by atoms with Crippen LogP contribution in [0, 0.1) is 0 Å². The minimum absolute atomic E-state index is 0.138. The second-order valence-corrected chi connectivity index (χ2v) is 3.63. The number of carbonyl (C=O) groups is 1. The molecule has 1 aromatic rings. The summed E-state index contributed by atoms with van der Waals surface area (Å²) >= 11 is 0. The number of anilines is 2. The fourth-order valence-electron chi connectivity index (χ4n) is 1.36. The molecule has 4 nitrogen and oxygen atoms in total. The molecule has 0 spiro atoms. The van der Waals surface area contributed by atoms with Crippen molar-refractivity contribution in [2.24, 2.45) is 0 Å². The van der Waals surface area contributed by atoms with Gasteiger partial charge in [-0.15, -0.1) is 0 Å². The van der Waals surface area contributed by atoms with E-state index in [1.54, 1.807) is 6.92 Å². The van der Waals surface area contributed by atoms with Crippen molar-refractivity contribution in [3.8, 4) is 0 Å². The minimum Gasteiger partial charge on any atom is -0.397 e.